The van der Waals surface area contributed by atoms with Crippen molar-refractivity contribution in [2.24, 2.45) is 0 Å². The van der Waals surface area contributed by atoms with Crippen molar-refractivity contribution in [1.82, 2.24) is 14.3 Å². The van der Waals surface area contributed by atoms with E-state index >= 15 is 0 Å². The zero-order valence-corrected chi connectivity index (χ0v) is 12.7. The number of fused-ring (bicyclic) bond motifs is 1. The van der Waals surface area contributed by atoms with Crippen molar-refractivity contribution in [3.63, 3.8) is 0 Å². The summed E-state index contributed by atoms with van der Waals surface area (Å²) in [5, 5.41) is 9.10. The maximum atomic E-state index is 12.4. The average Bonchev–Trinajstić information content (AvgIpc) is 2.73. The smallest absolute Gasteiger partial charge is 0.271 e. The molecule has 0 bridgehead atoms. The highest BCUT2D eigenvalue weighted by Gasteiger charge is 2.22. The molecule has 2 aromatic rings. The fourth-order valence-corrected chi connectivity index (χ4v) is 2.76. The van der Waals surface area contributed by atoms with E-state index in [-0.39, 0.29) is 23.8 Å². The largest absolute Gasteiger partial charge is 0.394 e. The summed E-state index contributed by atoms with van der Waals surface area (Å²) in [6.45, 7) is 5.29. The van der Waals surface area contributed by atoms with Crippen LogP contribution in [-0.4, -0.2) is 45.0 Å². The van der Waals surface area contributed by atoms with Crippen LogP contribution in [0.5, 0.6) is 0 Å². The Morgan fingerprint density at radius 1 is 1.55 bits per heavy atom. The average molecular weight is 295 g/mol. The van der Waals surface area contributed by atoms with Crippen molar-refractivity contribution in [3.8, 4) is 0 Å². The van der Waals surface area contributed by atoms with Crippen LogP contribution in [0.4, 0.5) is 0 Å². The summed E-state index contributed by atoms with van der Waals surface area (Å²) >= 11 is 1.42. The molecule has 1 N–H and O–H groups in total. The molecule has 0 aromatic carbocycles. The number of amides is 1. The van der Waals surface area contributed by atoms with E-state index in [0.717, 1.165) is 10.6 Å². The molecule has 20 heavy (non-hydrogen) atoms. The topological polar surface area (TPSA) is 74.9 Å². The van der Waals surface area contributed by atoms with Gasteiger partial charge in [0.1, 0.15) is 5.56 Å². The van der Waals surface area contributed by atoms with E-state index in [0.29, 0.717) is 4.96 Å². The number of aliphatic hydroxyl groups is 1. The van der Waals surface area contributed by atoms with Crippen LogP contribution in [0.25, 0.3) is 4.96 Å². The SMILES string of the molecule is Cc1sc2ncc(C(=O)N(C)C(C)CO)c(=O)n2c1C. The molecule has 2 aromatic heterocycles. The van der Waals surface area contributed by atoms with Crippen LogP contribution in [-0.2, 0) is 0 Å². The third-order valence-corrected chi connectivity index (χ3v) is 4.57. The summed E-state index contributed by atoms with van der Waals surface area (Å²) in [6, 6.07) is -0.354. The highest BCUT2D eigenvalue weighted by molar-refractivity contribution is 7.17. The lowest BCUT2D eigenvalue weighted by Crippen LogP contribution is -2.40. The van der Waals surface area contributed by atoms with Gasteiger partial charge in [-0.1, -0.05) is 0 Å². The van der Waals surface area contributed by atoms with Gasteiger partial charge in [-0.2, -0.15) is 0 Å². The molecule has 6 nitrogen and oxygen atoms in total. The van der Waals surface area contributed by atoms with Gasteiger partial charge in [0, 0.05) is 23.8 Å². The maximum absolute atomic E-state index is 12.4. The molecule has 0 spiro atoms. The number of aromatic nitrogens is 2. The number of aryl methyl sites for hydroxylation is 2. The minimum absolute atomic E-state index is 0.0196. The molecule has 0 aliphatic heterocycles. The predicted molar refractivity (Wildman–Crippen MR) is 77.5 cm³/mol. The van der Waals surface area contributed by atoms with Crippen molar-refractivity contribution in [2.75, 3.05) is 13.7 Å². The Morgan fingerprint density at radius 2 is 2.20 bits per heavy atom. The molecule has 0 saturated carbocycles. The number of nitrogens with zero attached hydrogens (tertiary/aromatic N) is 3. The minimum Gasteiger partial charge on any atom is -0.394 e. The standard InChI is InChI=1S/C13H17N3O3S/c1-7(6-17)15(4)11(18)10-5-14-13-16(12(10)19)8(2)9(3)20-13/h5,7,17H,6H2,1-4H3. The Labute approximate surface area is 120 Å². The molecule has 0 fully saturated rings. The normalized spacial score (nSPS) is 12.7. The monoisotopic (exact) mass is 295 g/mol. The zero-order valence-electron chi connectivity index (χ0n) is 11.9. The van der Waals surface area contributed by atoms with Crippen molar-refractivity contribution >= 4 is 22.2 Å². The highest BCUT2D eigenvalue weighted by Crippen LogP contribution is 2.18. The molecular weight excluding hydrogens is 278 g/mol. The van der Waals surface area contributed by atoms with Gasteiger partial charge in [-0.25, -0.2) is 4.98 Å². The van der Waals surface area contributed by atoms with Gasteiger partial charge in [-0.15, -0.1) is 11.3 Å². The van der Waals surface area contributed by atoms with Gasteiger partial charge in [-0.3, -0.25) is 14.0 Å². The summed E-state index contributed by atoms with van der Waals surface area (Å²) in [5.74, 6) is -0.429. The fourth-order valence-electron chi connectivity index (χ4n) is 1.84. The molecule has 1 atom stereocenters. The number of aliphatic hydroxyl groups excluding tert-OH is 1. The number of thiazole rings is 1. The van der Waals surface area contributed by atoms with Crippen LogP contribution in [0.3, 0.4) is 0 Å². The Balaban J connectivity index is 2.56. The van der Waals surface area contributed by atoms with Crippen LogP contribution < -0.4 is 5.56 Å². The summed E-state index contributed by atoms with van der Waals surface area (Å²) in [7, 11) is 1.56. The second-order valence-electron chi connectivity index (χ2n) is 4.79. The van der Waals surface area contributed by atoms with Crippen LogP contribution >= 0.6 is 11.3 Å². The van der Waals surface area contributed by atoms with E-state index in [9.17, 15) is 9.59 Å². The number of likely N-dealkylation sites (N-methyl/N-ethyl adjacent to an activating group) is 1. The van der Waals surface area contributed by atoms with E-state index in [1.54, 1.807) is 14.0 Å². The van der Waals surface area contributed by atoms with E-state index in [4.69, 9.17) is 5.11 Å². The first-order chi connectivity index (χ1) is 9.38. The lowest BCUT2D eigenvalue weighted by Gasteiger charge is -2.22. The quantitative estimate of drug-likeness (QED) is 0.910. The van der Waals surface area contributed by atoms with Crippen LogP contribution in [0.15, 0.2) is 11.0 Å². The molecule has 2 heterocycles. The van der Waals surface area contributed by atoms with Gasteiger partial charge in [0.25, 0.3) is 11.5 Å². The Bertz CT molecular complexity index is 719. The minimum atomic E-state index is -0.429. The lowest BCUT2D eigenvalue weighted by molar-refractivity contribution is 0.0680. The molecular formula is C13H17N3O3S. The third-order valence-electron chi connectivity index (χ3n) is 3.49. The molecule has 0 saturated heterocycles. The second-order valence-corrected chi connectivity index (χ2v) is 5.97. The summed E-state index contributed by atoms with van der Waals surface area (Å²) in [5.41, 5.74) is 0.458. The zero-order chi connectivity index (χ0) is 15.0. The van der Waals surface area contributed by atoms with Gasteiger partial charge in [0.15, 0.2) is 4.96 Å². The van der Waals surface area contributed by atoms with Gasteiger partial charge in [-0.05, 0) is 20.8 Å². The Morgan fingerprint density at radius 3 is 2.80 bits per heavy atom. The van der Waals surface area contributed by atoms with Crippen molar-refractivity contribution in [1.29, 1.82) is 0 Å². The number of carbonyl (C=O) groups is 1. The van der Waals surface area contributed by atoms with Crippen LogP contribution in [0.1, 0.15) is 27.9 Å². The molecule has 108 valence electrons. The van der Waals surface area contributed by atoms with Gasteiger partial charge in [0.2, 0.25) is 0 Å². The van der Waals surface area contributed by atoms with Crippen molar-refractivity contribution in [2.45, 2.75) is 26.8 Å². The first-order valence-corrected chi connectivity index (χ1v) is 7.06. The molecule has 1 unspecified atom stereocenters. The summed E-state index contributed by atoms with van der Waals surface area (Å²) < 4.78 is 1.46. The van der Waals surface area contributed by atoms with Gasteiger partial charge in [0.05, 0.1) is 12.6 Å². The van der Waals surface area contributed by atoms with Gasteiger partial charge >= 0.3 is 0 Å². The first-order valence-electron chi connectivity index (χ1n) is 6.24. The van der Waals surface area contributed by atoms with E-state index in [1.165, 1.54) is 26.8 Å². The summed E-state index contributed by atoms with van der Waals surface area (Å²) in [6.07, 6.45) is 1.32. The lowest BCUT2D eigenvalue weighted by atomic mass is 10.2. The fraction of sp³-hybridized carbons (Fsp3) is 0.462. The van der Waals surface area contributed by atoms with Gasteiger partial charge < -0.3 is 10.0 Å². The Hall–Kier alpha value is -1.73. The molecule has 0 radical (unpaired) electrons. The first kappa shape index (κ1) is 14.7. The second kappa shape index (κ2) is 5.34. The summed E-state index contributed by atoms with van der Waals surface area (Å²) in [4.78, 5) is 31.8. The molecule has 1 amide bonds. The highest BCUT2D eigenvalue weighted by atomic mass is 32.1. The van der Waals surface area contributed by atoms with Crippen molar-refractivity contribution in [3.05, 3.63) is 32.7 Å². The molecule has 7 heteroatoms. The third kappa shape index (κ3) is 2.23. The van der Waals surface area contributed by atoms with Crippen LogP contribution in [0, 0.1) is 13.8 Å². The number of hydrogen-bond donors (Lipinski definition) is 1. The van der Waals surface area contributed by atoms with E-state index in [1.807, 2.05) is 13.8 Å². The number of hydrogen-bond acceptors (Lipinski definition) is 5. The molecule has 0 aliphatic rings. The maximum Gasteiger partial charge on any atom is 0.271 e. The number of carbonyl (C=O) groups excluding carboxylic acids is 1. The van der Waals surface area contributed by atoms with Crippen LogP contribution in [0.2, 0.25) is 0 Å². The van der Waals surface area contributed by atoms with E-state index < -0.39 is 5.91 Å². The number of rotatable bonds is 3. The Kier molecular flexibility index (Phi) is 3.92. The van der Waals surface area contributed by atoms with E-state index in [2.05, 4.69) is 4.98 Å². The van der Waals surface area contributed by atoms with Crippen molar-refractivity contribution < 1.29 is 9.90 Å². The predicted octanol–water partition coefficient (Wildman–Crippen LogP) is 0.826. The molecule has 0 aliphatic carbocycles. The molecule has 2 rings (SSSR count).